The van der Waals surface area contributed by atoms with Crippen LogP contribution in [0.2, 0.25) is 0 Å². The van der Waals surface area contributed by atoms with Gasteiger partial charge in [-0.2, -0.15) is 8.78 Å². The molecule has 1 rings (SSSR count). The first-order valence-corrected chi connectivity index (χ1v) is 4.88. The first kappa shape index (κ1) is 13.1. The standard InChI is InChI=1S/C11H11F2NO3/c1-2-16-10(15)7-14-8-5-3-4-6-9(8)17-11(12)13/h3-7,11H,2H2,1H3. The van der Waals surface area contributed by atoms with Crippen LogP contribution in [0.5, 0.6) is 5.75 Å². The number of carbonyl (C=O) groups is 1. The van der Waals surface area contributed by atoms with Crippen LogP contribution in [-0.4, -0.2) is 25.4 Å². The largest absolute Gasteiger partial charge is 0.462 e. The van der Waals surface area contributed by atoms with Crippen LogP contribution >= 0.6 is 0 Å². The van der Waals surface area contributed by atoms with Crippen molar-refractivity contribution in [1.29, 1.82) is 0 Å². The number of benzene rings is 1. The Hall–Kier alpha value is -1.98. The van der Waals surface area contributed by atoms with E-state index in [1.165, 1.54) is 18.2 Å². The number of nitrogens with zero attached hydrogens (tertiary/aromatic N) is 1. The maximum absolute atomic E-state index is 12.1. The van der Waals surface area contributed by atoms with Crippen molar-refractivity contribution in [3.05, 3.63) is 24.3 Å². The number of alkyl halides is 2. The van der Waals surface area contributed by atoms with E-state index in [2.05, 4.69) is 14.5 Å². The predicted octanol–water partition coefficient (Wildman–Crippen LogP) is 2.55. The fourth-order valence-corrected chi connectivity index (χ4v) is 1.06. The molecule has 0 amide bonds. The van der Waals surface area contributed by atoms with Gasteiger partial charge in [-0.05, 0) is 19.1 Å². The third-order valence-corrected chi connectivity index (χ3v) is 1.68. The Morgan fingerprint density at radius 3 is 2.82 bits per heavy atom. The summed E-state index contributed by atoms with van der Waals surface area (Å²) in [7, 11) is 0. The number of halogens is 2. The Kier molecular flexibility index (Phi) is 5.06. The lowest BCUT2D eigenvalue weighted by Gasteiger charge is -2.06. The van der Waals surface area contributed by atoms with Crippen molar-refractivity contribution < 1.29 is 23.0 Å². The number of hydrogen-bond acceptors (Lipinski definition) is 4. The molecule has 92 valence electrons. The van der Waals surface area contributed by atoms with E-state index < -0.39 is 12.6 Å². The monoisotopic (exact) mass is 243 g/mol. The number of carbonyl (C=O) groups excluding carboxylic acids is 1. The van der Waals surface area contributed by atoms with Gasteiger partial charge in [-0.3, -0.25) is 0 Å². The highest BCUT2D eigenvalue weighted by Gasteiger charge is 2.08. The summed E-state index contributed by atoms with van der Waals surface area (Å²) in [6.45, 7) is -1.06. The average molecular weight is 243 g/mol. The van der Waals surface area contributed by atoms with Gasteiger partial charge in [0.2, 0.25) is 0 Å². The minimum atomic E-state index is -2.94. The first-order chi connectivity index (χ1) is 8.13. The van der Waals surface area contributed by atoms with E-state index in [4.69, 9.17) is 0 Å². The molecule has 0 radical (unpaired) electrons. The van der Waals surface area contributed by atoms with Crippen LogP contribution in [0.25, 0.3) is 0 Å². The highest BCUT2D eigenvalue weighted by molar-refractivity contribution is 6.23. The third kappa shape index (κ3) is 4.58. The zero-order valence-corrected chi connectivity index (χ0v) is 9.10. The normalized spacial score (nSPS) is 10.8. The molecule has 0 bridgehead atoms. The van der Waals surface area contributed by atoms with E-state index in [1.54, 1.807) is 13.0 Å². The van der Waals surface area contributed by atoms with Crippen LogP contribution in [0.3, 0.4) is 0 Å². The molecular weight excluding hydrogens is 232 g/mol. The molecule has 0 atom stereocenters. The average Bonchev–Trinajstić information content (AvgIpc) is 2.27. The molecule has 0 heterocycles. The van der Waals surface area contributed by atoms with Crippen LogP contribution in [0, 0.1) is 0 Å². The lowest BCUT2D eigenvalue weighted by atomic mass is 10.3. The Morgan fingerprint density at radius 1 is 1.47 bits per heavy atom. The maximum atomic E-state index is 12.1. The zero-order chi connectivity index (χ0) is 12.7. The van der Waals surface area contributed by atoms with Crippen LogP contribution < -0.4 is 4.74 Å². The van der Waals surface area contributed by atoms with Gasteiger partial charge >= 0.3 is 12.6 Å². The molecule has 0 saturated heterocycles. The molecule has 0 N–H and O–H groups in total. The topological polar surface area (TPSA) is 47.9 Å². The van der Waals surface area contributed by atoms with Crippen molar-refractivity contribution in [2.24, 2.45) is 4.99 Å². The van der Waals surface area contributed by atoms with Crippen LogP contribution in [0.15, 0.2) is 29.3 Å². The van der Waals surface area contributed by atoms with Crippen LogP contribution in [0.1, 0.15) is 6.92 Å². The Balaban J connectivity index is 2.79. The number of para-hydroxylation sites is 2. The molecule has 0 unspecified atom stereocenters. The van der Waals surface area contributed by atoms with Crippen LogP contribution in [0.4, 0.5) is 14.5 Å². The van der Waals surface area contributed by atoms with Gasteiger partial charge < -0.3 is 9.47 Å². The first-order valence-electron chi connectivity index (χ1n) is 4.88. The summed E-state index contributed by atoms with van der Waals surface area (Å²) >= 11 is 0. The Labute approximate surface area is 96.9 Å². The van der Waals surface area contributed by atoms with E-state index in [-0.39, 0.29) is 18.0 Å². The van der Waals surface area contributed by atoms with Crippen molar-refractivity contribution in [2.45, 2.75) is 13.5 Å². The summed E-state index contributed by atoms with van der Waals surface area (Å²) in [4.78, 5) is 14.7. The van der Waals surface area contributed by atoms with Gasteiger partial charge in [0.1, 0.15) is 11.9 Å². The summed E-state index contributed by atoms with van der Waals surface area (Å²) in [5, 5.41) is 0. The van der Waals surface area contributed by atoms with Crippen molar-refractivity contribution in [3.63, 3.8) is 0 Å². The van der Waals surface area contributed by atoms with Crippen molar-refractivity contribution in [3.8, 4) is 5.75 Å². The summed E-state index contributed by atoms with van der Waals surface area (Å²) < 4.78 is 33.0. The van der Waals surface area contributed by atoms with Gasteiger partial charge in [-0.25, -0.2) is 9.79 Å². The van der Waals surface area contributed by atoms with E-state index in [1.807, 2.05) is 0 Å². The highest BCUT2D eigenvalue weighted by atomic mass is 19.3. The zero-order valence-electron chi connectivity index (χ0n) is 9.10. The summed E-state index contributed by atoms with van der Waals surface area (Å²) in [5.74, 6) is -0.734. The Morgan fingerprint density at radius 2 is 2.18 bits per heavy atom. The van der Waals surface area contributed by atoms with E-state index >= 15 is 0 Å². The molecule has 0 aliphatic carbocycles. The predicted molar refractivity (Wildman–Crippen MR) is 57.9 cm³/mol. The summed E-state index contributed by atoms with van der Waals surface area (Å²) in [5.41, 5.74) is 0.140. The molecule has 0 aliphatic rings. The second-order valence-electron chi connectivity index (χ2n) is 2.86. The van der Waals surface area contributed by atoms with Gasteiger partial charge in [0.15, 0.2) is 5.75 Å². The number of hydrogen-bond donors (Lipinski definition) is 0. The number of rotatable bonds is 5. The molecule has 0 saturated carbocycles. The van der Waals surface area contributed by atoms with Crippen molar-refractivity contribution in [1.82, 2.24) is 0 Å². The van der Waals surface area contributed by atoms with Crippen molar-refractivity contribution in [2.75, 3.05) is 6.61 Å². The molecule has 0 aromatic heterocycles. The molecule has 0 fully saturated rings. The molecule has 1 aromatic carbocycles. The third-order valence-electron chi connectivity index (χ3n) is 1.68. The SMILES string of the molecule is CCOC(=O)C=Nc1ccccc1OC(F)F. The summed E-state index contributed by atoms with van der Waals surface area (Å²) in [6, 6.07) is 5.91. The number of esters is 1. The minimum absolute atomic E-state index is 0.0944. The van der Waals surface area contributed by atoms with Crippen molar-refractivity contribution >= 4 is 17.9 Å². The summed E-state index contributed by atoms with van der Waals surface area (Å²) in [6.07, 6.45) is 0.914. The smallest absolute Gasteiger partial charge is 0.387 e. The molecule has 4 nitrogen and oxygen atoms in total. The van der Waals surface area contributed by atoms with E-state index in [0.29, 0.717) is 0 Å². The fraction of sp³-hybridized carbons (Fsp3) is 0.273. The maximum Gasteiger partial charge on any atom is 0.387 e. The van der Waals surface area contributed by atoms with Gasteiger partial charge in [-0.15, -0.1) is 0 Å². The lowest BCUT2D eigenvalue weighted by Crippen LogP contribution is -2.05. The Bertz CT molecular complexity index is 407. The van der Waals surface area contributed by atoms with Crippen LogP contribution in [-0.2, 0) is 9.53 Å². The minimum Gasteiger partial charge on any atom is -0.462 e. The van der Waals surface area contributed by atoms with Gasteiger partial charge in [0.05, 0.1) is 6.61 Å². The molecule has 0 spiro atoms. The second kappa shape index (κ2) is 6.57. The van der Waals surface area contributed by atoms with Gasteiger partial charge in [0, 0.05) is 0 Å². The van der Waals surface area contributed by atoms with Gasteiger partial charge in [-0.1, -0.05) is 12.1 Å². The van der Waals surface area contributed by atoms with E-state index in [0.717, 1.165) is 6.21 Å². The molecule has 17 heavy (non-hydrogen) atoms. The fourth-order valence-electron chi connectivity index (χ4n) is 1.06. The quantitative estimate of drug-likeness (QED) is 0.589. The molecule has 0 aliphatic heterocycles. The number of ether oxygens (including phenoxy) is 2. The van der Waals surface area contributed by atoms with E-state index in [9.17, 15) is 13.6 Å². The lowest BCUT2D eigenvalue weighted by molar-refractivity contribution is -0.134. The second-order valence-corrected chi connectivity index (χ2v) is 2.86. The number of aliphatic imine (C=N–C) groups is 1. The molecule has 1 aromatic rings. The van der Waals surface area contributed by atoms with Gasteiger partial charge in [0.25, 0.3) is 0 Å². The molecule has 6 heteroatoms. The highest BCUT2D eigenvalue weighted by Crippen LogP contribution is 2.27. The molecular formula is C11H11F2NO3.